The molecule has 0 aromatic carbocycles. The third-order valence-electron chi connectivity index (χ3n) is 3.20. The summed E-state index contributed by atoms with van der Waals surface area (Å²) in [7, 11) is 3.31. The first-order valence-corrected chi connectivity index (χ1v) is 11.5. The third kappa shape index (κ3) is 11.0. The smallest absolute Gasteiger partial charge is 0.377 e. The molecule has 0 aliphatic rings. The van der Waals surface area contributed by atoms with Gasteiger partial charge < -0.3 is 26.6 Å². The van der Waals surface area contributed by atoms with Crippen LogP contribution in [0.3, 0.4) is 0 Å². The zero-order valence-corrected chi connectivity index (χ0v) is 17.8. The van der Waals surface area contributed by atoms with E-state index in [0.29, 0.717) is 5.88 Å². The largest absolute Gasteiger partial charge is 0.500 e. The molecule has 0 aromatic rings. The van der Waals surface area contributed by atoms with E-state index < -0.39 is 30.2 Å². The van der Waals surface area contributed by atoms with Crippen LogP contribution in [-0.4, -0.2) is 72.3 Å². The van der Waals surface area contributed by atoms with Crippen LogP contribution in [0.4, 0.5) is 13.2 Å². The predicted molar refractivity (Wildman–Crippen MR) is 89.2 cm³/mol. The van der Waals surface area contributed by atoms with E-state index in [-0.39, 0.29) is 6.04 Å². The van der Waals surface area contributed by atoms with Gasteiger partial charge in [0.15, 0.2) is 0 Å². The Balaban J connectivity index is 0. The summed E-state index contributed by atoms with van der Waals surface area (Å²) in [6.45, 7) is 0. The van der Waals surface area contributed by atoms with E-state index in [1.54, 1.807) is 21.3 Å². The molecule has 0 bridgehead atoms. The van der Waals surface area contributed by atoms with Gasteiger partial charge in [-0.2, -0.15) is 13.2 Å². The van der Waals surface area contributed by atoms with Gasteiger partial charge in [-0.05, 0) is 6.42 Å². The fourth-order valence-electron chi connectivity index (χ4n) is 1.69. The molecule has 0 unspecified atom stereocenters. The minimum atomic E-state index is -4.20. The van der Waals surface area contributed by atoms with Crippen LogP contribution in [0.25, 0.3) is 0 Å². The fraction of sp³-hybridized carbons (Fsp3) is 1.00. The zero-order chi connectivity index (χ0) is 19.3. The molecular weight excluding hydrogens is 389 g/mol. The quantitative estimate of drug-likeness (QED) is 0.380. The summed E-state index contributed by atoms with van der Waals surface area (Å²) >= 11 is 5.53. The van der Waals surface area contributed by atoms with Crippen molar-refractivity contribution in [1.29, 1.82) is 0 Å². The Morgan fingerprint density at radius 2 is 1.04 bits per heavy atom. The molecule has 0 saturated carbocycles. The van der Waals surface area contributed by atoms with Gasteiger partial charge in [0.05, 0.1) is 0 Å². The molecule has 0 aliphatic carbocycles. The second-order valence-electron chi connectivity index (χ2n) is 4.50. The topological polar surface area (TPSA) is 55.4 Å². The number of alkyl halides is 4. The first-order valence-electron chi connectivity index (χ1n) is 7.07. The lowest BCUT2D eigenvalue weighted by Crippen LogP contribution is -2.43. The van der Waals surface area contributed by atoms with Gasteiger partial charge in [-0.1, -0.05) is 0 Å². The van der Waals surface area contributed by atoms with E-state index in [0.717, 1.165) is 12.5 Å². The van der Waals surface area contributed by atoms with E-state index in [1.165, 1.54) is 21.3 Å². The van der Waals surface area contributed by atoms with Crippen molar-refractivity contribution in [2.75, 3.05) is 48.5 Å². The summed E-state index contributed by atoms with van der Waals surface area (Å²) in [6.07, 6.45) is -4.29. The van der Waals surface area contributed by atoms with Gasteiger partial charge in [0, 0.05) is 67.0 Å². The van der Waals surface area contributed by atoms with E-state index in [4.69, 9.17) is 38.2 Å². The van der Waals surface area contributed by atoms with Crippen molar-refractivity contribution in [2.24, 2.45) is 0 Å². The lowest BCUT2D eigenvalue weighted by molar-refractivity contribution is -0.132. The summed E-state index contributed by atoms with van der Waals surface area (Å²) in [4.78, 5) is 0. The first-order chi connectivity index (χ1) is 11.1. The molecule has 0 heterocycles. The minimum absolute atomic E-state index is 0.250. The number of hydrogen-bond acceptors (Lipinski definition) is 6. The lowest BCUT2D eigenvalue weighted by Gasteiger charge is -2.24. The highest BCUT2D eigenvalue weighted by atomic mass is 35.5. The van der Waals surface area contributed by atoms with Gasteiger partial charge in [0.1, 0.15) is 0 Å². The van der Waals surface area contributed by atoms with Crippen LogP contribution in [0.5, 0.6) is 0 Å². The molecule has 0 rings (SSSR count). The molecule has 0 N–H and O–H groups in total. The van der Waals surface area contributed by atoms with Crippen molar-refractivity contribution in [3.8, 4) is 0 Å². The Labute approximate surface area is 149 Å². The molecular formula is C12H28ClF3O6Si2. The van der Waals surface area contributed by atoms with Crippen molar-refractivity contribution < 1.29 is 39.7 Å². The van der Waals surface area contributed by atoms with Gasteiger partial charge in [-0.15, -0.1) is 11.6 Å². The molecule has 6 nitrogen and oxygen atoms in total. The minimum Gasteiger partial charge on any atom is -0.377 e. The maximum Gasteiger partial charge on any atom is 0.500 e. The maximum atomic E-state index is 11.9. The molecule has 12 heteroatoms. The molecule has 0 spiro atoms. The number of halogens is 4. The average Bonchev–Trinajstić information content (AvgIpc) is 2.58. The lowest BCUT2D eigenvalue weighted by atomic mass is 10.5. The van der Waals surface area contributed by atoms with Crippen LogP contribution in [0, 0.1) is 0 Å². The maximum absolute atomic E-state index is 11.9. The second kappa shape index (κ2) is 13.5. The van der Waals surface area contributed by atoms with Crippen LogP contribution in [0.1, 0.15) is 12.8 Å². The second-order valence-corrected chi connectivity index (χ2v) is 11.1. The predicted octanol–water partition coefficient (Wildman–Crippen LogP) is 3.31. The Morgan fingerprint density at radius 3 is 1.29 bits per heavy atom. The van der Waals surface area contributed by atoms with E-state index in [9.17, 15) is 13.2 Å². The molecule has 0 radical (unpaired) electrons. The van der Waals surface area contributed by atoms with Crippen molar-refractivity contribution in [1.82, 2.24) is 0 Å². The van der Waals surface area contributed by atoms with E-state index >= 15 is 0 Å². The number of hydrogen-bond donors (Lipinski definition) is 0. The van der Waals surface area contributed by atoms with Crippen LogP contribution in [0.2, 0.25) is 12.1 Å². The molecule has 0 saturated heterocycles. The molecule has 24 heavy (non-hydrogen) atoms. The highest BCUT2D eigenvalue weighted by Gasteiger charge is 2.42. The molecule has 0 atom stereocenters. The number of rotatable bonds is 11. The normalized spacial score (nSPS) is 12.8. The highest BCUT2D eigenvalue weighted by Crippen LogP contribution is 2.26. The highest BCUT2D eigenvalue weighted by molar-refractivity contribution is 6.60. The average molecular weight is 417 g/mol. The van der Waals surface area contributed by atoms with Crippen LogP contribution in [-0.2, 0) is 26.6 Å². The van der Waals surface area contributed by atoms with Crippen molar-refractivity contribution >= 4 is 29.2 Å². The Hall–Kier alpha value is 0.274. The SMILES string of the molecule is CO[Si](CCC(F)(F)F)(OC)OC.CO[Si](CCCCl)(OC)OC. The standard InChI is InChI=1S/C6H15ClO3Si.C6H13F3O3Si/c1-8-11(9-2,10-3)6-4-5-7;1-10-13(11-2,12-3)5-4-6(7,8)9/h4-6H2,1-3H3;4-5H2,1-3H3. The van der Waals surface area contributed by atoms with Gasteiger partial charge in [0.2, 0.25) is 0 Å². The Morgan fingerprint density at radius 1 is 0.708 bits per heavy atom. The summed E-state index contributed by atoms with van der Waals surface area (Å²) in [5, 5.41) is 0. The molecule has 0 fully saturated rings. The molecule has 0 amide bonds. The van der Waals surface area contributed by atoms with Crippen molar-refractivity contribution in [2.45, 2.75) is 31.1 Å². The third-order valence-corrected chi connectivity index (χ3v) is 9.02. The summed E-state index contributed by atoms with van der Waals surface area (Å²) in [6, 6.07) is 0.528. The van der Waals surface area contributed by atoms with Crippen molar-refractivity contribution in [3.63, 3.8) is 0 Å². The summed E-state index contributed by atoms with van der Waals surface area (Å²) in [5.41, 5.74) is 0. The molecule has 0 aromatic heterocycles. The van der Waals surface area contributed by atoms with Crippen LogP contribution >= 0.6 is 11.6 Å². The van der Waals surface area contributed by atoms with Crippen LogP contribution < -0.4 is 0 Å². The van der Waals surface area contributed by atoms with Gasteiger partial charge in [-0.25, -0.2) is 0 Å². The molecule has 148 valence electrons. The van der Waals surface area contributed by atoms with Crippen LogP contribution in [0.15, 0.2) is 0 Å². The summed E-state index contributed by atoms with van der Waals surface area (Å²) < 4.78 is 65.6. The monoisotopic (exact) mass is 416 g/mol. The fourth-order valence-corrected chi connectivity index (χ4v) is 5.47. The van der Waals surface area contributed by atoms with Gasteiger partial charge in [-0.3, -0.25) is 0 Å². The van der Waals surface area contributed by atoms with Crippen molar-refractivity contribution in [3.05, 3.63) is 0 Å². The van der Waals surface area contributed by atoms with Gasteiger partial charge >= 0.3 is 23.8 Å². The molecule has 0 aliphatic heterocycles. The first kappa shape index (κ1) is 26.5. The Bertz CT molecular complexity index is 288. The zero-order valence-electron chi connectivity index (χ0n) is 15.0. The van der Waals surface area contributed by atoms with Gasteiger partial charge in [0.25, 0.3) is 0 Å². The van der Waals surface area contributed by atoms with E-state index in [2.05, 4.69) is 0 Å². The summed E-state index contributed by atoms with van der Waals surface area (Å²) in [5.74, 6) is 0.616. The van der Waals surface area contributed by atoms with E-state index in [1.807, 2.05) is 0 Å². The Kier molecular flexibility index (Phi) is 14.9.